The molecule has 0 amide bonds. The first kappa shape index (κ1) is 14.5. The summed E-state index contributed by atoms with van der Waals surface area (Å²) in [6, 6.07) is 11.4. The highest BCUT2D eigenvalue weighted by Crippen LogP contribution is 2.14. The second-order valence-corrected chi connectivity index (χ2v) is 5.51. The summed E-state index contributed by atoms with van der Waals surface area (Å²) in [6.45, 7) is 8.13. The predicted molar refractivity (Wildman–Crippen MR) is 79.1 cm³/mol. The summed E-state index contributed by atoms with van der Waals surface area (Å²) in [4.78, 5) is 5.06. The Morgan fingerprint density at radius 3 is 2.68 bits per heavy atom. The lowest BCUT2D eigenvalue weighted by molar-refractivity contribution is 0.201. The van der Waals surface area contributed by atoms with Crippen molar-refractivity contribution in [3.63, 3.8) is 0 Å². The van der Waals surface area contributed by atoms with Gasteiger partial charge in [0.05, 0.1) is 0 Å². The van der Waals surface area contributed by atoms with E-state index >= 15 is 0 Å². The van der Waals surface area contributed by atoms with Gasteiger partial charge < -0.3 is 10.0 Å². The fourth-order valence-electron chi connectivity index (χ4n) is 2.72. The summed E-state index contributed by atoms with van der Waals surface area (Å²) in [5.41, 5.74) is 1.40. The van der Waals surface area contributed by atoms with Crippen LogP contribution in [0.4, 0.5) is 0 Å². The van der Waals surface area contributed by atoms with Gasteiger partial charge in [0.15, 0.2) is 0 Å². The van der Waals surface area contributed by atoms with Gasteiger partial charge >= 0.3 is 0 Å². The Labute approximate surface area is 116 Å². The molecule has 0 aromatic heterocycles. The summed E-state index contributed by atoms with van der Waals surface area (Å²) < 4.78 is 0. The smallest absolute Gasteiger partial charge is 0.0443 e. The maximum Gasteiger partial charge on any atom is 0.0443 e. The van der Waals surface area contributed by atoms with E-state index in [-0.39, 0.29) is 0 Å². The number of aliphatic hydroxyl groups is 1. The van der Waals surface area contributed by atoms with E-state index in [4.69, 9.17) is 5.11 Å². The van der Waals surface area contributed by atoms with Gasteiger partial charge in [-0.05, 0) is 31.9 Å². The fourth-order valence-corrected chi connectivity index (χ4v) is 2.72. The zero-order valence-electron chi connectivity index (χ0n) is 12.0. The first-order valence-corrected chi connectivity index (χ1v) is 7.41. The highest BCUT2D eigenvalue weighted by atomic mass is 16.3. The largest absolute Gasteiger partial charge is 0.396 e. The Morgan fingerprint density at radius 2 is 1.95 bits per heavy atom. The summed E-state index contributed by atoms with van der Waals surface area (Å²) in [7, 11) is 0. The van der Waals surface area contributed by atoms with Crippen molar-refractivity contribution < 1.29 is 5.11 Å². The number of benzene rings is 1. The third-order valence-corrected chi connectivity index (χ3v) is 4.05. The molecule has 1 aliphatic rings. The third kappa shape index (κ3) is 4.60. The molecule has 3 heteroatoms. The van der Waals surface area contributed by atoms with Crippen molar-refractivity contribution in [1.82, 2.24) is 9.80 Å². The van der Waals surface area contributed by atoms with Crippen LogP contribution in [-0.2, 0) is 6.54 Å². The van der Waals surface area contributed by atoms with Crippen LogP contribution in [0.5, 0.6) is 0 Å². The second kappa shape index (κ2) is 7.63. The molecule has 1 heterocycles. The van der Waals surface area contributed by atoms with Crippen LogP contribution in [0.15, 0.2) is 30.3 Å². The zero-order valence-corrected chi connectivity index (χ0v) is 12.0. The average molecular weight is 262 g/mol. The standard InChI is InChI=1S/C16H26N2O/c1-15-8-10-17(9-5-13-19)11-12-18(15)14-16-6-3-2-4-7-16/h2-4,6-7,15,19H,5,8-14H2,1H3. The van der Waals surface area contributed by atoms with Crippen LogP contribution < -0.4 is 0 Å². The second-order valence-electron chi connectivity index (χ2n) is 5.51. The van der Waals surface area contributed by atoms with Gasteiger partial charge in [-0.25, -0.2) is 0 Å². The first-order valence-electron chi connectivity index (χ1n) is 7.41. The van der Waals surface area contributed by atoms with Crippen LogP contribution in [0, 0.1) is 0 Å². The molecular formula is C16H26N2O. The quantitative estimate of drug-likeness (QED) is 0.879. The van der Waals surface area contributed by atoms with E-state index in [1.54, 1.807) is 0 Å². The normalized spacial score (nSPS) is 22.3. The Morgan fingerprint density at radius 1 is 1.16 bits per heavy atom. The van der Waals surface area contributed by atoms with E-state index in [9.17, 15) is 0 Å². The lowest BCUT2D eigenvalue weighted by Crippen LogP contribution is -2.34. The molecule has 0 aliphatic carbocycles. The van der Waals surface area contributed by atoms with E-state index in [0.29, 0.717) is 12.6 Å². The van der Waals surface area contributed by atoms with E-state index < -0.39 is 0 Å². The van der Waals surface area contributed by atoms with E-state index in [1.165, 1.54) is 12.0 Å². The molecule has 1 saturated heterocycles. The topological polar surface area (TPSA) is 26.7 Å². The van der Waals surface area contributed by atoms with Gasteiger partial charge in [-0.15, -0.1) is 0 Å². The lowest BCUT2D eigenvalue weighted by Gasteiger charge is -2.26. The predicted octanol–water partition coefficient (Wildman–Crippen LogP) is 1.97. The molecule has 0 spiro atoms. The first-order chi connectivity index (χ1) is 9.29. The molecule has 3 nitrogen and oxygen atoms in total. The minimum absolute atomic E-state index is 0.305. The molecule has 0 saturated carbocycles. The fraction of sp³-hybridized carbons (Fsp3) is 0.625. The van der Waals surface area contributed by atoms with Gasteiger partial charge in [0.25, 0.3) is 0 Å². The van der Waals surface area contributed by atoms with Crippen LogP contribution in [0.3, 0.4) is 0 Å². The van der Waals surface area contributed by atoms with Gasteiger partial charge in [0.1, 0.15) is 0 Å². The molecule has 106 valence electrons. The maximum atomic E-state index is 8.93. The zero-order chi connectivity index (χ0) is 13.5. The van der Waals surface area contributed by atoms with Crippen LogP contribution in [0.25, 0.3) is 0 Å². The molecule has 19 heavy (non-hydrogen) atoms. The molecular weight excluding hydrogens is 236 g/mol. The van der Waals surface area contributed by atoms with Crippen molar-refractivity contribution in [3.05, 3.63) is 35.9 Å². The van der Waals surface area contributed by atoms with Gasteiger partial charge in [0.2, 0.25) is 0 Å². The molecule has 0 radical (unpaired) electrons. The Kier molecular flexibility index (Phi) is 5.83. The minimum atomic E-state index is 0.305. The van der Waals surface area contributed by atoms with Crippen LogP contribution >= 0.6 is 0 Å². The maximum absolute atomic E-state index is 8.93. The number of hydrogen-bond acceptors (Lipinski definition) is 3. The summed E-state index contributed by atoms with van der Waals surface area (Å²) >= 11 is 0. The number of rotatable bonds is 5. The van der Waals surface area contributed by atoms with Crippen molar-refractivity contribution >= 4 is 0 Å². The highest BCUT2D eigenvalue weighted by Gasteiger charge is 2.20. The van der Waals surface area contributed by atoms with Gasteiger partial charge in [-0.2, -0.15) is 0 Å². The molecule has 1 unspecified atom stereocenters. The number of aliphatic hydroxyl groups excluding tert-OH is 1. The molecule has 1 fully saturated rings. The van der Waals surface area contributed by atoms with Gasteiger partial charge in [-0.3, -0.25) is 4.90 Å². The van der Waals surface area contributed by atoms with Gasteiger partial charge in [-0.1, -0.05) is 30.3 Å². The molecule has 1 N–H and O–H groups in total. The third-order valence-electron chi connectivity index (χ3n) is 4.05. The van der Waals surface area contributed by atoms with Crippen molar-refractivity contribution in [2.24, 2.45) is 0 Å². The van der Waals surface area contributed by atoms with Crippen LogP contribution in [0.1, 0.15) is 25.3 Å². The van der Waals surface area contributed by atoms with E-state index in [0.717, 1.165) is 39.1 Å². The van der Waals surface area contributed by atoms with Gasteiger partial charge in [0, 0.05) is 38.8 Å². The summed E-state index contributed by atoms with van der Waals surface area (Å²) in [5, 5.41) is 8.93. The minimum Gasteiger partial charge on any atom is -0.396 e. The molecule has 1 aromatic rings. The Balaban J connectivity index is 1.87. The summed E-state index contributed by atoms with van der Waals surface area (Å²) in [6.07, 6.45) is 2.12. The Hall–Kier alpha value is -0.900. The van der Waals surface area contributed by atoms with Crippen molar-refractivity contribution in [1.29, 1.82) is 0 Å². The SMILES string of the molecule is CC1CCN(CCCO)CCN1Cc1ccccc1. The highest BCUT2D eigenvalue weighted by molar-refractivity contribution is 5.14. The molecule has 1 aromatic carbocycles. The number of nitrogens with zero attached hydrogens (tertiary/aromatic N) is 2. The summed E-state index contributed by atoms with van der Waals surface area (Å²) in [5.74, 6) is 0. The average Bonchev–Trinajstić information content (AvgIpc) is 2.61. The molecule has 1 atom stereocenters. The van der Waals surface area contributed by atoms with Crippen LogP contribution in [0.2, 0.25) is 0 Å². The van der Waals surface area contributed by atoms with Crippen molar-refractivity contribution in [2.75, 3.05) is 32.8 Å². The van der Waals surface area contributed by atoms with Crippen molar-refractivity contribution in [2.45, 2.75) is 32.4 Å². The Bertz CT molecular complexity index is 355. The monoisotopic (exact) mass is 262 g/mol. The van der Waals surface area contributed by atoms with E-state index in [2.05, 4.69) is 47.1 Å². The van der Waals surface area contributed by atoms with Crippen LogP contribution in [-0.4, -0.2) is 53.7 Å². The molecule has 1 aliphatic heterocycles. The lowest BCUT2D eigenvalue weighted by atomic mass is 10.1. The number of hydrogen-bond donors (Lipinski definition) is 1. The molecule has 2 rings (SSSR count). The molecule has 0 bridgehead atoms. The van der Waals surface area contributed by atoms with E-state index in [1.807, 2.05) is 0 Å². The van der Waals surface area contributed by atoms with Crippen molar-refractivity contribution in [3.8, 4) is 0 Å².